The van der Waals surface area contributed by atoms with E-state index in [4.69, 9.17) is 5.73 Å². The van der Waals surface area contributed by atoms with E-state index < -0.39 is 0 Å². The molecule has 0 aliphatic heterocycles. The van der Waals surface area contributed by atoms with Gasteiger partial charge >= 0.3 is 0 Å². The molecular formula is C16H18N2O2. The van der Waals surface area contributed by atoms with Gasteiger partial charge in [-0.3, -0.25) is 4.79 Å². The van der Waals surface area contributed by atoms with Crippen molar-refractivity contribution in [3.8, 4) is 0 Å². The van der Waals surface area contributed by atoms with Crippen LogP contribution in [0.5, 0.6) is 0 Å². The average Bonchev–Trinajstić information content (AvgIpc) is 2.48. The van der Waals surface area contributed by atoms with E-state index in [1.54, 1.807) is 12.1 Å². The maximum atomic E-state index is 12.1. The quantitative estimate of drug-likeness (QED) is 0.775. The fourth-order valence-electron chi connectivity index (χ4n) is 2.08. The highest BCUT2D eigenvalue weighted by Gasteiger charge is 2.09. The Kier molecular flexibility index (Phi) is 4.87. The van der Waals surface area contributed by atoms with E-state index in [2.05, 4.69) is 5.32 Å². The van der Waals surface area contributed by atoms with E-state index in [1.165, 1.54) is 0 Å². The number of anilines is 1. The Balaban J connectivity index is 2.09. The lowest BCUT2D eigenvalue weighted by atomic mass is 10.0. The van der Waals surface area contributed by atoms with Gasteiger partial charge in [-0.2, -0.15) is 0 Å². The van der Waals surface area contributed by atoms with E-state index >= 15 is 0 Å². The zero-order chi connectivity index (χ0) is 14.4. The van der Waals surface area contributed by atoms with Gasteiger partial charge in [-0.15, -0.1) is 0 Å². The summed E-state index contributed by atoms with van der Waals surface area (Å²) in [5.74, 6) is -0.119. The second kappa shape index (κ2) is 6.84. The van der Waals surface area contributed by atoms with Crippen LogP contribution in [-0.2, 0) is 24.4 Å². The van der Waals surface area contributed by atoms with Crippen molar-refractivity contribution in [1.82, 2.24) is 0 Å². The van der Waals surface area contributed by atoms with Crippen molar-refractivity contribution in [3.05, 3.63) is 65.2 Å². The second-order valence-corrected chi connectivity index (χ2v) is 4.51. The summed E-state index contributed by atoms with van der Waals surface area (Å²) in [7, 11) is 0. The first-order valence-electron chi connectivity index (χ1n) is 6.50. The first-order chi connectivity index (χ1) is 9.74. The van der Waals surface area contributed by atoms with Gasteiger partial charge in [0.05, 0.1) is 13.0 Å². The summed E-state index contributed by atoms with van der Waals surface area (Å²) in [6.07, 6.45) is 0.271. The topological polar surface area (TPSA) is 75.4 Å². The third-order valence-electron chi connectivity index (χ3n) is 3.15. The van der Waals surface area contributed by atoms with Crippen molar-refractivity contribution in [2.24, 2.45) is 5.73 Å². The molecule has 2 rings (SSSR count). The molecule has 0 saturated heterocycles. The van der Waals surface area contributed by atoms with Gasteiger partial charge in [0.25, 0.3) is 0 Å². The molecule has 0 spiro atoms. The Hall–Kier alpha value is -2.17. The summed E-state index contributed by atoms with van der Waals surface area (Å²) in [5.41, 5.74) is 8.90. The van der Waals surface area contributed by atoms with Crippen LogP contribution >= 0.6 is 0 Å². The van der Waals surface area contributed by atoms with Gasteiger partial charge < -0.3 is 16.2 Å². The molecule has 4 N–H and O–H groups in total. The standard InChI is InChI=1S/C16H18N2O2/c17-10-13-6-2-1-5-12(13)9-16(20)18-15-8-4-3-7-14(15)11-19/h1-8,19H,9-11,17H2,(H,18,20). The van der Waals surface area contributed by atoms with Gasteiger partial charge in [0.1, 0.15) is 0 Å². The molecule has 0 saturated carbocycles. The lowest BCUT2D eigenvalue weighted by Gasteiger charge is -2.11. The number of carbonyl (C=O) groups is 1. The molecule has 0 atom stereocenters. The summed E-state index contributed by atoms with van der Waals surface area (Å²) in [4.78, 5) is 12.1. The molecule has 104 valence electrons. The summed E-state index contributed by atoms with van der Waals surface area (Å²) in [6, 6.07) is 14.8. The SMILES string of the molecule is NCc1ccccc1CC(=O)Nc1ccccc1CO. The first kappa shape index (κ1) is 14.2. The van der Waals surface area contributed by atoms with E-state index in [0.717, 1.165) is 11.1 Å². The highest BCUT2D eigenvalue weighted by Crippen LogP contribution is 2.16. The molecule has 0 aromatic heterocycles. The molecule has 1 amide bonds. The Labute approximate surface area is 118 Å². The van der Waals surface area contributed by atoms with Crippen molar-refractivity contribution in [2.75, 3.05) is 5.32 Å². The highest BCUT2D eigenvalue weighted by molar-refractivity contribution is 5.93. The Morgan fingerprint density at radius 1 is 1.00 bits per heavy atom. The Bertz CT molecular complexity index is 545. The van der Waals surface area contributed by atoms with Gasteiger partial charge in [0.15, 0.2) is 0 Å². The number of hydrogen-bond acceptors (Lipinski definition) is 3. The van der Waals surface area contributed by atoms with E-state index in [1.807, 2.05) is 36.4 Å². The van der Waals surface area contributed by atoms with Crippen LogP contribution in [0.2, 0.25) is 0 Å². The second-order valence-electron chi connectivity index (χ2n) is 4.51. The molecule has 0 heterocycles. The Morgan fingerprint density at radius 2 is 1.60 bits per heavy atom. The van der Waals surface area contributed by atoms with Gasteiger partial charge in [-0.1, -0.05) is 42.5 Å². The fraction of sp³-hybridized carbons (Fsp3) is 0.188. The van der Waals surface area contributed by atoms with Crippen molar-refractivity contribution < 1.29 is 9.90 Å². The summed E-state index contributed by atoms with van der Waals surface area (Å²) < 4.78 is 0. The maximum absolute atomic E-state index is 12.1. The third kappa shape index (κ3) is 3.44. The summed E-state index contributed by atoms with van der Waals surface area (Å²) in [6.45, 7) is 0.312. The number of carbonyl (C=O) groups excluding carboxylic acids is 1. The molecule has 4 heteroatoms. The van der Waals surface area contributed by atoms with E-state index in [0.29, 0.717) is 17.8 Å². The maximum Gasteiger partial charge on any atom is 0.228 e. The predicted octanol–water partition coefficient (Wildman–Crippen LogP) is 1.82. The molecule has 0 fully saturated rings. The zero-order valence-electron chi connectivity index (χ0n) is 11.2. The van der Waals surface area contributed by atoms with Crippen molar-refractivity contribution >= 4 is 11.6 Å². The van der Waals surface area contributed by atoms with Crippen molar-refractivity contribution in [2.45, 2.75) is 19.6 Å². The van der Waals surface area contributed by atoms with Crippen LogP contribution in [0.25, 0.3) is 0 Å². The number of hydrogen-bond donors (Lipinski definition) is 3. The normalized spacial score (nSPS) is 10.3. The number of para-hydroxylation sites is 1. The van der Waals surface area contributed by atoms with Crippen LogP contribution < -0.4 is 11.1 Å². The minimum Gasteiger partial charge on any atom is -0.392 e. The Morgan fingerprint density at radius 3 is 2.25 bits per heavy atom. The van der Waals surface area contributed by atoms with Gasteiger partial charge in [-0.25, -0.2) is 0 Å². The number of nitrogens with one attached hydrogen (secondary N) is 1. The molecule has 0 radical (unpaired) electrons. The van der Waals surface area contributed by atoms with Crippen LogP contribution in [0, 0.1) is 0 Å². The smallest absolute Gasteiger partial charge is 0.228 e. The monoisotopic (exact) mass is 270 g/mol. The molecule has 4 nitrogen and oxygen atoms in total. The molecule has 20 heavy (non-hydrogen) atoms. The van der Waals surface area contributed by atoms with Crippen LogP contribution in [0.3, 0.4) is 0 Å². The molecule has 2 aromatic carbocycles. The number of amides is 1. The molecule has 0 unspecified atom stereocenters. The van der Waals surface area contributed by atoms with Gasteiger partial charge in [0, 0.05) is 17.8 Å². The fourth-order valence-corrected chi connectivity index (χ4v) is 2.08. The van der Waals surface area contributed by atoms with Crippen molar-refractivity contribution in [3.63, 3.8) is 0 Å². The number of benzene rings is 2. The first-order valence-corrected chi connectivity index (χ1v) is 6.50. The lowest BCUT2D eigenvalue weighted by molar-refractivity contribution is -0.115. The molecule has 0 aliphatic rings. The van der Waals surface area contributed by atoms with Gasteiger partial charge in [0.2, 0.25) is 5.91 Å². The molecule has 2 aromatic rings. The number of aliphatic hydroxyl groups excluding tert-OH is 1. The average molecular weight is 270 g/mol. The number of rotatable bonds is 5. The van der Waals surface area contributed by atoms with Crippen molar-refractivity contribution in [1.29, 1.82) is 0 Å². The van der Waals surface area contributed by atoms with Crippen LogP contribution in [0.4, 0.5) is 5.69 Å². The summed E-state index contributed by atoms with van der Waals surface area (Å²) >= 11 is 0. The largest absolute Gasteiger partial charge is 0.392 e. The minimum atomic E-state index is -0.119. The summed E-state index contributed by atoms with van der Waals surface area (Å²) in [5, 5.41) is 12.1. The molecule has 0 aliphatic carbocycles. The van der Waals surface area contributed by atoms with Crippen LogP contribution in [-0.4, -0.2) is 11.0 Å². The molecule has 0 bridgehead atoms. The third-order valence-corrected chi connectivity index (χ3v) is 3.15. The predicted molar refractivity (Wildman–Crippen MR) is 79.0 cm³/mol. The lowest BCUT2D eigenvalue weighted by Crippen LogP contribution is -2.17. The minimum absolute atomic E-state index is 0.101. The number of nitrogens with two attached hydrogens (primary N) is 1. The van der Waals surface area contributed by atoms with Crippen LogP contribution in [0.1, 0.15) is 16.7 Å². The van der Waals surface area contributed by atoms with E-state index in [-0.39, 0.29) is 18.9 Å². The van der Waals surface area contributed by atoms with E-state index in [9.17, 15) is 9.90 Å². The zero-order valence-corrected chi connectivity index (χ0v) is 11.2. The van der Waals surface area contributed by atoms with Crippen LogP contribution in [0.15, 0.2) is 48.5 Å². The van der Waals surface area contributed by atoms with Gasteiger partial charge in [-0.05, 0) is 17.2 Å². The number of aliphatic hydroxyl groups is 1. The molecular weight excluding hydrogens is 252 g/mol. The highest BCUT2D eigenvalue weighted by atomic mass is 16.3.